The van der Waals surface area contributed by atoms with Gasteiger partial charge in [0.1, 0.15) is 5.82 Å². The maximum atomic E-state index is 12.9. The number of carbonyl (C=O) groups excluding carboxylic acids is 1. The van der Waals surface area contributed by atoms with Gasteiger partial charge in [-0.25, -0.2) is 12.8 Å². The summed E-state index contributed by atoms with van der Waals surface area (Å²) in [6, 6.07) is 11.1. The van der Waals surface area contributed by atoms with Gasteiger partial charge in [0.05, 0.1) is 4.90 Å². The first-order valence-corrected chi connectivity index (χ1v) is 9.67. The average molecular weight is 414 g/mol. The van der Waals surface area contributed by atoms with Crippen LogP contribution in [0.1, 0.15) is 16.8 Å². The summed E-state index contributed by atoms with van der Waals surface area (Å²) in [4.78, 5) is 12.3. The fourth-order valence-electron chi connectivity index (χ4n) is 2.83. The number of likely N-dealkylation sites (N-methyl/N-ethyl adjacent to an activating group) is 1. The highest BCUT2D eigenvalue weighted by Gasteiger charge is 2.29. The van der Waals surface area contributed by atoms with Crippen molar-refractivity contribution in [1.82, 2.24) is 9.62 Å². The third kappa shape index (κ3) is 4.84. The first-order chi connectivity index (χ1) is 12.4. The summed E-state index contributed by atoms with van der Waals surface area (Å²) in [5.74, 6) is -0.813. The van der Waals surface area contributed by atoms with E-state index in [-0.39, 0.29) is 23.3 Å². The Morgan fingerprint density at radius 3 is 2.33 bits per heavy atom. The van der Waals surface area contributed by atoms with E-state index in [0.717, 1.165) is 13.0 Å². The van der Waals surface area contributed by atoms with E-state index in [0.29, 0.717) is 17.8 Å². The number of hydrogen-bond acceptors (Lipinski definition) is 4. The van der Waals surface area contributed by atoms with Gasteiger partial charge in [-0.05, 0) is 61.5 Å². The summed E-state index contributed by atoms with van der Waals surface area (Å²) >= 11 is 0. The van der Waals surface area contributed by atoms with E-state index < -0.39 is 21.7 Å². The second kappa shape index (κ2) is 8.79. The zero-order valence-electron chi connectivity index (χ0n) is 14.7. The van der Waals surface area contributed by atoms with Gasteiger partial charge >= 0.3 is 0 Å². The Morgan fingerprint density at radius 2 is 1.78 bits per heavy atom. The first kappa shape index (κ1) is 21.3. The van der Waals surface area contributed by atoms with Gasteiger partial charge in [0.25, 0.3) is 5.91 Å². The van der Waals surface area contributed by atoms with E-state index in [1.165, 1.54) is 52.8 Å². The smallest absolute Gasteiger partial charge is 0.255 e. The molecular formula is C18H21ClFN3O3S. The van der Waals surface area contributed by atoms with Crippen LogP contribution in [0.15, 0.2) is 53.4 Å². The summed E-state index contributed by atoms with van der Waals surface area (Å²) < 4.78 is 39.7. The minimum absolute atomic E-state index is 0. The molecule has 0 saturated carbocycles. The molecule has 1 saturated heterocycles. The molecule has 1 unspecified atom stereocenters. The van der Waals surface area contributed by atoms with Crippen molar-refractivity contribution in [3.8, 4) is 0 Å². The van der Waals surface area contributed by atoms with Crippen molar-refractivity contribution < 1.29 is 17.6 Å². The maximum absolute atomic E-state index is 12.9. The monoisotopic (exact) mass is 413 g/mol. The Labute approximate surface area is 164 Å². The number of nitrogens with one attached hydrogen (secondary N) is 2. The summed E-state index contributed by atoms with van der Waals surface area (Å²) in [5, 5.41) is 5.81. The van der Waals surface area contributed by atoms with Crippen LogP contribution < -0.4 is 10.6 Å². The molecule has 1 amide bonds. The normalized spacial score (nSPS) is 16.8. The topological polar surface area (TPSA) is 78.5 Å². The lowest BCUT2D eigenvalue weighted by molar-refractivity contribution is 0.102. The Bertz CT molecular complexity index is 883. The molecule has 0 aromatic heterocycles. The molecule has 2 aromatic rings. The molecule has 3 rings (SSSR count). The van der Waals surface area contributed by atoms with Gasteiger partial charge in [0, 0.05) is 30.9 Å². The fraction of sp³-hybridized carbons (Fsp3) is 0.278. The number of anilines is 1. The van der Waals surface area contributed by atoms with Crippen molar-refractivity contribution in [3.63, 3.8) is 0 Å². The van der Waals surface area contributed by atoms with Crippen molar-refractivity contribution in [2.75, 3.05) is 25.5 Å². The Hall–Kier alpha value is -2.00. The van der Waals surface area contributed by atoms with Crippen LogP contribution in [0, 0.1) is 5.82 Å². The van der Waals surface area contributed by atoms with Gasteiger partial charge in [-0.2, -0.15) is 4.31 Å². The summed E-state index contributed by atoms with van der Waals surface area (Å²) in [5.41, 5.74) is 0.778. The number of rotatable bonds is 5. The lowest BCUT2D eigenvalue weighted by Gasteiger charge is -2.23. The number of amides is 1. The average Bonchev–Trinajstić information content (AvgIpc) is 3.16. The van der Waals surface area contributed by atoms with Crippen LogP contribution in [-0.2, 0) is 10.0 Å². The molecule has 2 N–H and O–H groups in total. The highest BCUT2D eigenvalue weighted by Crippen LogP contribution is 2.21. The van der Waals surface area contributed by atoms with Crippen LogP contribution in [-0.4, -0.2) is 44.8 Å². The van der Waals surface area contributed by atoms with Crippen LogP contribution in [0.3, 0.4) is 0 Å². The van der Waals surface area contributed by atoms with Crippen LogP contribution in [0.4, 0.5) is 10.1 Å². The van der Waals surface area contributed by atoms with Crippen molar-refractivity contribution in [2.45, 2.75) is 17.4 Å². The standard InChI is InChI=1S/C18H20FN3O3S.ClH/c1-22(16-10-11-20-12-16)26(24,25)17-8-6-15(7-9-17)21-18(23)13-2-4-14(19)5-3-13;/h2-9,16,20H,10-12H2,1H3,(H,21,23);1H. The molecule has 1 aliphatic rings. The van der Waals surface area contributed by atoms with E-state index >= 15 is 0 Å². The molecule has 6 nitrogen and oxygen atoms in total. The van der Waals surface area contributed by atoms with Gasteiger partial charge in [-0.15, -0.1) is 12.4 Å². The fourth-order valence-corrected chi connectivity index (χ4v) is 4.21. The number of hydrogen-bond donors (Lipinski definition) is 2. The van der Waals surface area contributed by atoms with Crippen LogP contribution in [0.25, 0.3) is 0 Å². The van der Waals surface area contributed by atoms with Gasteiger partial charge in [0.15, 0.2) is 0 Å². The number of carbonyl (C=O) groups is 1. The predicted octanol–water partition coefficient (Wildman–Crippen LogP) is 2.48. The molecule has 1 fully saturated rings. The van der Waals surface area contributed by atoms with Crippen LogP contribution in [0.2, 0.25) is 0 Å². The minimum atomic E-state index is -3.59. The third-order valence-electron chi connectivity index (χ3n) is 4.44. The molecule has 0 spiro atoms. The van der Waals surface area contributed by atoms with Gasteiger partial charge in [0.2, 0.25) is 10.0 Å². The molecule has 0 aliphatic carbocycles. The number of nitrogens with zero attached hydrogens (tertiary/aromatic N) is 1. The summed E-state index contributed by atoms with van der Waals surface area (Å²) in [6.45, 7) is 1.44. The zero-order valence-corrected chi connectivity index (χ0v) is 16.3. The predicted molar refractivity (Wildman–Crippen MR) is 104 cm³/mol. The first-order valence-electron chi connectivity index (χ1n) is 8.23. The maximum Gasteiger partial charge on any atom is 0.255 e. The molecule has 0 bridgehead atoms. The van der Waals surface area contributed by atoms with Crippen LogP contribution >= 0.6 is 12.4 Å². The van der Waals surface area contributed by atoms with Crippen molar-refractivity contribution in [3.05, 3.63) is 59.9 Å². The molecule has 0 radical (unpaired) electrons. The summed E-state index contributed by atoms with van der Waals surface area (Å²) in [6.07, 6.45) is 0.779. The summed E-state index contributed by atoms with van der Waals surface area (Å²) in [7, 11) is -2.01. The molecule has 1 heterocycles. The lowest BCUT2D eigenvalue weighted by Crippen LogP contribution is -2.38. The number of sulfonamides is 1. The molecular weight excluding hydrogens is 393 g/mol. The quantitative estimate of drug-likeness (QED) is 0.789. The van der Waals surface area contributed by atoms with E-state index in [1.807, 2.05) is 0 Å². The molecule has 1 aliphatic heterocycles. The third-order valence-corrected chi connectivity index (χ3v) is 6.37. The van der Waals surface area contributed by atoms with E-state index in [1.54, 1.807) is 7.05 Å². The Balaban J connectivity index is 0.00000261. The van der Waals surface area contributed by atoms with E-state index in [9.17, 15) is 17.6 Å². The molecule has 2 aromatic carbocycles. The van der Waals surface area contributed by atoms with Crippen LogP contribution in [0.5, 0.6) is 0 Å². The zero-order chi connectivity index (χ0) is 18.7. The minimum Gasteiger partial charge on any atom is -0.322 e. The van der Waals surface area contributed by atoms with Crippen molar-refractivity contribution >= 4 is 34.0 Å². The van der Waals surface area contributed by atoms with E-state index in [2.05, 4.69) is 10.6 Å². The van der Waals surface area contributed by atoms with Crippen molar-refractivity contribution in [1.29, 1.82) is 0 Å². The number of benzene rings is 2. The second-order valence-corrected chi connectivity index (χ2v) is 8.15. The Morgan fingerprint density at radius 1 is 1.15 bits per heavy atom. The molecule has 27 heavy (non-hydrogen) atoms. The highest BCUT2D eigenvalue weighted by atomic mass is 35.5. The second-order valence-electron chi connectivity index (χ2n) is 6.15. The number of halogens is 2. The molecule has 1 atom stereocenters. The highest BCUT2D eigenvalue weighted by molar-refractivity contribution is 7.89. The molecule has 9 heteroatoms. The lowest BCUT2D eigenvalue weighted by atomic mass is 10.2. The SMILES string of the molecule is CN(C1CCNC1)S(=O)(=O)c1ccc(NC(=O)c2ccc(F)cc2)cc1.Cl. The van der Waals surface area contributed by atoms with Crippen molar-refractivity contribution in [2.24, 2.45) is 0 Å². The van der Waals surface area contributed by atoms with Gasteiger partial charge in [-0.1, -0.05) is 0 Å². The largest absolute Gasteiger partial charge is 0.322 e. The van der Waals surface area contributed by atoms with Gasteiger partial charge < -0.3 is 10.6 Å². The van der Waals surface area contributed by atoms with E-state index in [4.69, 9.17) is 0 Å². The molecule has 146 valence electrons. The van der Waals surface area contributed by atoms with Gasteiger partial charge in [-0.3, -0.25) is 4.79 Å². The Kier molecular flexibility index (Phi) is 6.94.